The van der Waals surface area contributed by atoms with Crippen molar-refractivity contribution in [2.45, 2.75) is 44.9 Å². The van der Waals surface area contributed by atoms with E-state index < -0.39 is 11.9 Å². The normalized spacial score (nSPS) is 22.4. The van der Waals surface area contributed by atoms with Gasteiger partial charge in [-0.3, -0.25) is 0 Å². The van der Waals surface area contributed by atoms with Crippen molar-refractivity contribution in [3.05, 3.63) is 0 Å². The number of carboxylic acid groups (broad SMARTS) is 2. The lowest BCUT2D eigenvalue weighted by Crippen LogP contribution is -2.41. The Morgan fingerprint density at radius 1 is 0.882 bits per heavy atom. The molecule has 98 valence electrons. The van der Waals surface area contributed by atoms with Gasteiger partial charge in [0.25, 0.3) is 0 Å². The molecular formula is C12H21NO4. The molecule has 0 aromatic carbocycles. The molecule has 2 rings (SSSR count). The molecule has 5 nitrogen and oxygen atoms in total. The third-order valence-electron chi connectivity index (χ3n) is 3.66. The maximum Gasteiger partial charge on any atom is 0.414 e. The van der Waals surface area contributed by atoms with Crippen molar-refractivity contribution < 1.29 is 19.8 Å². The summed E-state index contributed by atoms with van der Waals surface area (Å²) in [5.41, 5.74) is 0.747. The van der Waals surface area contributed by atoms with E-state index in [1.54, 1.807) is 0 Å². The second kappa shape index (κ2) is 6.59. The van der Waals surface area contributed by atoms with Crippen LogP contribution in [0.4, 0.5) is 0 Å². The first kappa shape index (κ1) is 14.0. The Kier molecular flexibility index (Phi) is 5.41. The summed E-state index contributed by atoms with van der Waals surface area (Å²) >= 11 is 0. The van der Waals surface area contributed by atoms with Gasteiger partial charge in [-0.1, -0.05) is 19.3 Å². The zero-order valence-electron chi connectivity index (χ0n) is 10.1. The van der Waals surface area contributed by atoms with Crippen LogP contribution in [0.25, 0.3) is 0 Å². The van der Waals surface area contributed by atoms with Crippen LogP contribution in [-0.4, -0.2) is 35.2 Å². The Morgan fingerprint density at radius 3 is 1.82 bits per heavy atom. The van der Waals surface area contributed by atoms with Crippen LogP contribution in [0.3, 0.4) is 0 Å². The van der Waals surface area contributed by atoms with E-state index in [1.165, 1.54) is 58.0 Å². The molecule has 1 aliphatic heterocycles. The van der Waals surface area contributed by atoms with Gasteiger partial charge in [-0.25, -0.2) is 9.59 Å². The van der Waals surface area contributed by atoms with Crippen molar-refractivity contribution in [1.29, 1.82) is 0 Å². The molecule has 0 bridgehead atoms. The molecule has 0 atom stereocenters. The van der Waals surface area contributed by atoms with Gasteiger partial charge in [0.1, 0.15) is 0 Å². The van der Waals surface area contributed by atoms with Gasteiger partial charge in [-0.2, -0.15) is 0 Å². The van der Waals surface area contributed by atoms with Crippen molar-refractivity contribution >= 4 is 11.9 Å². The number of carbonyl (C=O) groups is 2. The van der Waals surface area contributed by atoms with E-state index in [0.717, 1.165) is 5.41 Å². The molecule has 1 heterocycles. The minimum atomic E-state index is -1.82. The zero-order valence-corrected chi connectivity index (χ0v) is 10.1. The summed E-state index contributed by atoms with van der Waals surface area (Å²) in [6.45, 7) is 2.58. The molecule has 2 fully saturated rings. The molecule has 1 saturated heterocycles. The quantitative estimate of drug-likeness (QED) is 0.561. The van der Waals surface area contributed by atoms with Crippen molar-refractivity contribution in [3.8, 4) is 0 Å². The predicted octanol–water partition coefficient (Wildman–Crippen LogP) is 1.48. The summed E-state index contributed by atoms with van der Waals surface area (Å²) in [7, 11) is 0. The van der Waals surface area contributed by atoms with Gasteiger partial charge in [-0.05, 0) is 37.6 Å². The van der Waals surface area contributed by atoms with Crippen LogP contribution in [0.15, 0.2) is 0 Å². The molecule has 5 heteroatoms. The second-order valence-electron chi connectivity index (χ2n) is 4.95. The predicted molar refractivity (Wildman–Crippen MR) is 62.9 cm³/mol. The molecule has 2 aliphatic rings. The summed E-state index contributed by atoms with van der Waals surface area (Å²) in [5.74, 6) is -3.65. The highest BCUT2D eigenvalue weighted by atomic mass is 16.4. The van der Waals surface area contributed by atoms with Crippen LogP contribution < -0.4 is 5.32 Å². The minimum absolute atomic E-state index is 0.747. The monoisotopic (exact) mass is 243 g/mol. The van der Waals surface area contributed by atoms with Gasteiger partial charge < -0.3 is 15.5 Å². The summed E-state index contributed by atoms with van der Waals surface area (Å²) in [6, 6.07) is 0. The topological polar surface area (TPSA) is 86.6 Å². The molecule has 17 heavy (non-hydrogen) atoms. The molecule has 0 amide bonds. The van der Waals surface area contributed by atoms with Crippen LogP contribution in [0, 0.1) is 5.41 Å². The largest absolute Gasteiger partial charge is 0.473 e. The first-order chi connectivity index (χ1) is 8.06. The van der Waals surface area contributed by atoms with Gasteiger partial charge in [0.05, 0.1) is 0 Å². The molecule has 1 spiro atoms. The van der Waals surface area contributed by atoms with E-state index in [1.807, 2.05) is 0 Å². The smallest absolute Gasteiger partial charge is 0.414 e. The number of rotatable bonds is 0. The van der Waals surface area contributed by atoms with Crippen LogP contribution in [-0.2, 0) is 9.59 Å². The van der Waals surface area contributed by atoms with Crippen molar-refractivity contribution in [2.24, 2.45) is 5.41 Å². The Morgan fingerprint density at radius 2 is 1.41 bits per heavy atom. The molecule has 0 aromatic rings. The number of aliphatic carboxylic acids is 2. The molecule has 0 radical (unpaired) electrons. The van der Waals surface area contributed by atoms with Crippen LogP contribution in [0.2, 0.25) is 0 Å². The minimum Gasteiger partial charge on any atom is -0.473 e. The third-order valence-corrected chi connectivity index (χ3v) is 3.66. The second-order valence-corrected chi connectivity index (χ2v) is 4.95. The van der Waals surface area contributed by atoms with Crippen LogP contribution in [0.5, 0.6) is 0 Å². The van der Waals surface area contributed by atoms with Crippen molar-refractivity contribution in [3.63, 3.8) is 0 Å². The maximum absolute atomic E-state index is 9.10. The molecule has 0 unspecified atom stereocenters. The fourth-order valence-corrected chi connectivity index (χ4v) is 2.76. The number of piperidine rings is 1. The SMILES string of the molecule is C1CCC2(CC1)CCCNC2.O=C(O)C(=O)O. The third kappa shape index (κ3) is 4.73. The van der Waals surface area contributed by atoms with E-state index in [4.69, 9.17) is 19.8 Å². The highest BCUT2D eigenvalue weighted by Crippen LogP contribution is 2.40. The van der Waals surface area contributed by atoms with E-state index in [2.05, 4.69) is 5.32 Å². The summed E-state index contributed by atoms with van der Waals surface area (Å²) in [6.07, 6.45) is 10.4. The van der Waals surface area contributed by atoms with Crippen LogP contribution in [0.1, 0.15) is 44.9 Å². The van der Waals surface area contributed by atoms with Crippen molar-refractivity contribution in [2.75, 3.05) is 13.1 Å². The van der Waals surface area contributed by atoms with E-state index in [-0.39, 0.29) is 0 Å². The Bertz CT molecular complexity index is 234. The van der Waals surface area contributed by atoms with E-state index in [0.29, 0.717) is 0 Å². The molecule has 1 saturated carbocycles. The summed E-state index contributed by atoms with van der Waals surface area (Å²) < 4.78 is 0. The maximum atomic E-state index is 9.10. The standard InChI is InChI=1S/C10H19N.C2H2O4/c1-2-5-10(6-3-1)7-4-8-11-9-10;3-1(4)2(5)6/h11H,1-9H2;(H,3,4)(H,5,6). The number of hydrogen-bond acceptors (Lipinski definition) is 3. The summed E-state index contributed by atoms with van der Waals surface area (Å²) in [4.78, 5) is 18.2. The summed E-state index contributed by atoms with van der Waals surface area (Å²) in [5, 5.41) is 18.3. The highest BCUT2D eigenvalue weighted by molar-refractivity contribution is 6.27. The van der Waals surface area contributed by atoms with Gasteiger partial charge >= 0.3 is 11.9 Å². The first-order valence-electron chi connectivity index (χ1n) is 6.23. The van der Waals surface area contributed by atoms with Gasteiger partial charge in [-0.15, -0.1) is 0 Å². The fraction of sp³-hybridized carbons (Fsp3) is 0.833. The lowest BCUT2D eigenvalue weighted by Gasteiger charge is -2.40. The van der Waals surface area contributed by atoms with E-state index >= 15 is 0 Å². The average Bonchev–Trinajstić information content (AvgIpc) is 2.31. The molecular weight excluding hydrogens is 222 g/mol. The lowest BCUT2D eigenvalue weighted by atomic mass is 9.70. The van der Waals surface area contributed by atoms with Gasteiger partial charge in [0.2, 0.25) is 0 Å². The Balaban J connectivity index is 0.000000209. The van der Waals surface area contributed by atoms with Gasteiger partial charge in [0.15, 0.2) is 0 Å². The fourth-order valence-electron chi connectivity index (χ4n) is 2.76. The number of nitrogens with one attached hydrogen (secondary N) is 1. The first-order valence-corrected chi connectivity index (χ1v) is 6.23. The van der Waals surface area contributed by atoms with E-state index in [9.17, 15) is 0 Å². The number of hydrogen-bond donors (Lipinski definition) is 3. The zero-order chi connectivity index (χ0) is 12.7. The average molecular weight is 243 g/mol. The Labute approximate surface area is 101 Å². The Hall–Kier alpha value is -1.10. The molecule has 1 aliphatic carbocycles. The highest BCUT2D eigenvalue weighted by Gasteiger charge is 2.32. The van der Waals surface area contributed by atoms with Crippen molar-refractivity contribution in [1.82, 2.24) is 5.32 Å². The molecule has 0 aromatic heterocycles. The van der Waals surface area contributed by atoms with Gasteiger partial charge in [0, 0.05) is 6.54 Å². The van der Waals surface area contributed by atoms with Crippen LogP contribution >= 0.6 is 0 Å². The molecule has 3 N–H and O–H groups in total. The number of carboxylic acids is 2. The lowest BCUT2D eigenvalue weighted by molar-refractivity contribution is -0.159.